The van der Waals surface area contributed by atoms with Gasteiger partial charge in [-0.25, -0.2) is 4.68 Å². The van der Waals surface area contributed by atoms with E-state index in [0.717, 1.165) is 17.6 Å². The van der Waals surface area contributed by atoms with Crippen molar-refractivity contribution in [3.63, 3.8) is 0 Å². The molecule has 0 N–H and O–H groups in total. The monoisotopic (exact) mass is 278 g/mol. The predicted octanol–water partition coefficient (Wildman–Crippen LogP) is 2.89. The normalized spacial score (nSPS) is 11.9. The summed E-state index contributed by atoms with van der Waals surface area (Å²) in [6, 6.07) is 6.91. The lowest BCUT2D eigenvalue weighted by atomic mass is 10.1. The van der Waals surface area contributed by atoms with Gasteiger partial charge in [0.15, 0.2) is 0 Å². The number of hydrogen-bond donors (Lipinski definition) is 0. The Morgan fingerprint density at radius 1 is 1.15 bits per heavy atom. The van der Waals surface area contributed by atoms with E-state index in [-0.39, 0.29) is 6.54 Å². The number of pyridine rings is 1. The number of rotatable bonds is 2. The summed E-state index contributed by atoms with van der Waals surface area (Å²) in [4.78, 5) is 3.92. The maximum Gasteiger partial charge on any atom is 0.416 e. The minimum absolute atomic E-state index is 0.227. The van der Waals surface area contributed by atoms with Crippen molar-refractivity contribution < 1.29 is 13.2 Å². The van der Waals surface area contributed by atoms with Gasteiger partial charge < -0.3 is 0 Å². The van der Waals surface area contributed by atoms with Gasteiger partial charge in [-0.2, -0.15) is 13.2 Å². The highest BCUT2D eigenvalue weighted by Crippen LogP contribution is 2.29. The molecule has 2 aromatic heterocycles. The molecule has 3 rings (SSSR count). The van der Waals surface area contributed by atoms with E-state index >= 15 is 0 Å². The summed E-state index contributed by atoms with van der Waals surface area (Å²) in [5.41, 5.74) is 1.20. The Morgan fingerprint density at radius 2 is 2.00 bits per heavy atom. The van der Waals surface area contributed by atoms with E-state index in [1.807, 2.05) is 0 Å². The van der Waals surface area contributed by atoms with Gasteiger partial charge in [-0.1, -0.05) is 17.3 Å². The van der Waals surface area contributed by atoms with Gasteiger partial charge in [-0.3, -0.25) is 4.98 Å². The third-order valence-corrected chi connectivity index (χ3v) is 2.90. The van der Waals surface area contributed by atoms with Crippen LogP contribution in [-0.4, -0.2) is 20.0 Å². The Balaban J connectivity index is 1.95. The number of aromatic nitrogens is 4. The molecule has 0 saturated heterocycles. The Labute approximate surface area is 111 Å². The van der Waals surface area contributed by atoms with Crippen LogP contribution in [0.1, 0.15) is 11.1 Å². The van der Waals surface area contributed by atoms with Crippen molar-refractivity contribution in [3.05, 3.63) is 53.9 Å². The van der Waals surface area contributed by atoms with Crippen molar-refractivity contribution in [1.29, 1.82) is 0 Å². The molecule has 0 aliphatic heterocycles. The van der Waals surface area contributed by atoms with Crippen molar-refractivity contribution in [2.24, 2.45) is 0 Å². The average Bonchev–Trinajstić information content (AvgIpc) is 2.82. The van der Waals surface area contributed by atoms with E-state index in [1.165, 1.54) is 6.07 Å². The lowest BCUT2D eigenvalue weighted by Gasteiger charge is -2.08. The summed E-state index contributed by atoms with van der Waals surface area (Å²) in [6.45, 7) is 0.227. The first-order valence-electron chi connectivity index (χ1n) is 5.83. The zero-order chi connectivity index (χ0) is 14.2. The Morgan fingerprint density at radius 3 is 2.80 bits per heavy atom. The summed E-state index contributed by atoms with van der Waals surface area (Å²) < 4.78 is 39.5. The lowest BCUT2D eigenvalue weighted by Crippen LogP contribution is -2.07. The number of fused-ring (bicyclic) bond motifs is 1. The van der Waals surface area contributed by atoms with Crippen LogP contribution in [-0.2, 0) is 12.7 Å². The molecule has 0 fully saturated rings. The maximum absolute atomic E-state index is 12.7. The van der Waals surface area contributed by atoms with Gasteiger partial charge in [0, 0.05) is 6.20 Å². The maximum atomic E-state index is 12.7. The number of halogens is 3. The first kappa shape index (κ1) is 12.6. The van der Waals surface area contributed by atoms with Crippen LogP contribution < -0.4 is 0 Å². The predicted molar refractivity (Wildman–Crippen MR) is 65.9 cm³/mol. The quantitative estimate of drug-likeness (QED) is 0.724. The third kappa shape index (κ3) is 2.34. The zero-order valence-corrected chi connectivity index (χ0v) is 10.2. The van der Waals surface area contributed by atoms with Crippen molar-refractivity contribution in [2.45, 2.75) is 12.7 Å². The second-order valence-corrected chi connectivity index (χ2v) is 4.31. The third-order valence-electron chi connectivity index (χ3n) is 2.90. The van der Waals surface area contributed by atoms with E-state index in [4.69, 9.17) is 0 Å². The fraction of sp³-hybridized carbons (Fsp3) is 0.154. The standard InChI is InChI=1S/C13H9F3N4/c14-13(15,16)10-3-1-2-9(6-10)8-20-12-4-5-17-7-11(12)18-19-20/h1-7H,8H2. The number of hydrogen-bond acceptors (Lipinski definition) is 3. The molecule has 20 heavy (non-hydrogen) atoms. The molecule has 0 atom stereocenters. The van der Waals surface area contributed by atoms with Gasteiger partial charge in [0.2, 0.25) is 0 Å². The molecule has 3 aromatic rings. The lowest BCUT2D eigenvalue weighted by molar-refractivity contribution is -0.137. The minimum atomic E-state index is -4.34. The van der Waals surface area contributed by atoms with Crippen LogP contribution in [0.5, 0.6) is 0 Å². The van der Waals surface area contributed by atoms with Crippen LogP contribution in [0.2, 0.25) is 0 Å². The molecular formula is C13H9F3N4. The summed E-state index contributed by atoms with van der Waals surface area (Å²) >= 11 is 0. The summed E-state index contributed by atoms with van der Waals surface area (Å²) in [5, 5.41) is 7.84. The summed E-state index contributed by atoms with van der Waals surface area (Å²) in [7, 11) is 0. The van der Waals surface area contributed by atoms with E-state index in [1.54, 1.807) is 29.2 Å². The van der Waals surface area contributed by atoms with Gasteiger partial charge in [0.1, 0.15) is 5.52 Å². The molecule has 1 aromatic carbocycles. The molecule has 0 unspecified atom stereocenters. The van der Waals surface area contributed by atoms with Crippen LogP contribution in [0, 0.1) is 0 Å². The van der Waals surface area contributed by atoms with Crippen LogP contribution in [0.3, 0.4) is 0 Å². The molecule has 102 valence electrons. The minimum Gasteiger partial charge on any atom is -0.262 e. The number of alkyl halides is 3. The molecule has 4 nitrogen and oxygen atoms in total. The molecule has 0 saturated carbocycles. The second-order valence-electron chi connectivity index (χ2n) is 4.31. The van der Waals surface area contributed by atoms with Gasteiger partial charge in [0.05, 0.1) is 23.8 Å². The molecule has 0 radical (unpaired) electrons. The zero-order valence-electron chi connectivity index (χ0n) is 10.2. The van der Waals surface area contributed by atoms with E-state index < -0.39 is 11.7 Å². The highest BCUT2D eigenvalue weighted by Gasteiger charge is 2.30. The molecule has 2 heterocycles. The highest BCUT2D eigenvalue weighted by atomic mass is 19.4. The van der Waals surface area contributed by atoms with E-state index in [0.29, 0.717) is 11.1 Å². The first-order chi connectivity index (χ1) is 9.54. The second kappa shape index (κ2) is 4.59. The Bertz CT molecular complexity index is 748. The SMILES string of the molecule is FC(F)(F)c1cccc(Cn2nnc3cnccc32)c1. The van der Waals surface area contributed by atoms with Crippen molar-refractivity contribution in [1.82, 2.24) is 20.0 Å². The number of nitrogens with zero attached hydrogens (tertiary/aromatic N) is 4. The molecule has 0 bridgehead atoms. The van der Waals surface area contributed by atoms with Crippen LogP contribution in [0.4, 0.5) is 13.2 Å². The molecule has 0 spiro atoms. The van der Waals surface area contributed by atoms with Crippen LogP contribution in [0.15, 0.2) is 42.7 Å². The highest BCUT2D eigenvalue weighted by molar-refractivity contribution is 5.72. The Hall–Kier alpha value is -2.44. The van der Waals surface area contributed by atoms with Crippen molar-refractivity contribution >= 4 is 11.0 Å². The largest absolute Gasteiger partial charge is 0.416 e. The molecular weight excluding hydrogens is 269 g/mol. The van der Waals surface area contributed by atoms with Gasteiger partial charge in [0.25, 0.3) is 0 Å². The fourth-order valence-electron chi connectivity index (χ4n) is 1.96. The van der Waals surface area contributed by atoms with Crippen molar-refractivity contribution in [2.75, 3.05) is 0 Å². The van der Waals surface area contributed by atoms with Crippen LogP contribution >= 0.6 is 0 Å². The smallest absolute Gasteiger partial charge is 0.262 e. The number of benzene rings is 1. The fourth-order valence-corrected chi connectivity index (χ4v) is 1.96. The van der Waals surface area contributed by atoms with E-state index in [2.05, 4.69) is 15.3 Å². The molecule has 7 heteroatoms. The van der Waals surface area contributed by atoms with Gasteiger partial charge in [-0.05, 0) is 23.8 Å². The summed E-state index contributed by atoms with van der Waals surface area (Å²) in [5.74, 6) is 0. The Kier molecular flexibility index (Phi) is 2.89. The van der Waals surface area contributed by atoms with Crippen molar-refractivity contribution in [3.8, 4) is 0 Å². The van der Waals surface area contributed by atoms with Crippen LogP contribution in [0.25, 0.3) is 11.0 Å². The molecule has 0 aliphatic carbocycles. The molecule has 0 amide bonds. The average molecular weight is 278 g/mol. The topological polar surface area (TPSA) is 43.6 Å². The van der Waals surface area contributed by atoms with Gasteiger partial charge >= 0.3 is 6.18 Å². The van der Waals surface area contributed by atoms with Gasteiger partial charge in [-0.15, -0.1) is 5.10 Å². The summed E-state index contributed by atoms with van der Waals surface area (Å²) in [6.07, 6.45) is -1.19. The van der Waals surface area contributed by atoms with E-state index in [9.17, 15) is 13.2 Å². The first-order valence-corrected chi connectivity index (χ1v) is 5.83. The molecule has 0 aliphatic rings.